The van der Waals surface area contributed by atoms with E-state index in [0.29, 0.717) is 11.6 Å². The van der Waals surface area contributed by atoms with Gasteiger partial charge in [-0.1, -0.05) is 18.2 Å². The molecule has 1 saturated heterocycles. The minimum absolute atomic E-state index is 0.0716. The molecular formula is C20H19F2N3. The molecule has 1 N–H and O–H groups in total. The molecule has 3 nitrogen and oxygen atoms in total. The SMILES string of the molecule is Fc1ccc(F)c2c(NCC3CCN(c4ccccc4)C3)ccnc12. The lowest BCUT2D eigenvalue weighted by molar-refractivity contribution is 0.613. The van der Waals surface area contributed by atoms with Crippen molar-refractivity contribution < 1.29 is 8.78 Å². The standard InChI is InChI=1S/C20H19F2N3/c21-16-6-7-17(22)20-19(16)18(8-10-23-20)24-12-14-9-11-25(13-14)15-4-2-1-3-5-15/h1-8,10,14H,9,11-13H2,(H,23,24). The second-order valence-electron chi connectivity index (χ2n) is 6.43. The van der Waals surface area contributed by atoms with Gasteiger partial charge in [-0.25, -0.2) is 8.78 Å². The number of rotatable bonds is 4. The van der Waals surface area contributed by atoms with Gasteiger partial charge >= 0.3 is 0 Å². The van der Waals surface area contributed by atoms with Gasteiger partial charge in [-0.15, -0.1) is 0 Å². The topological polar surface area (TPSA) is 28.2 Å². The zero-order valence-electron chi connectivity index (χ0n) is 13.8. The molecule has 4 rings (SSSR count). The molecule has 1 unspecified atom stereocenters. The molecule has 1 aliphatic heterocycles. The van der Waals surface area contributed by atoms with Crippen LogP contribution < -0.4 is 10.2 Å². The minimum Gasteiger partial charge on any atom is -0.384 e. The predicted molar refractivity (Wildman–Crippen MR) is 96.9 cm³/mol. The van der Waals surface area contributed by atoms with E-state index in [0.717, 1.165) is 38.2 Å². The third-order valence-electron chi connectivity index (χ3n) is 4.78. The van der Waals surface area contributed by atoms with Gasteiger partial charge in [0.25, 0.3) is 0 Å². The van der Waals surface area contributed by atoms with E-state index < -0.39 is 11.6 Å². The van der Waals surface area contributed by atoms with E-state index in [-0.39, 0.29) is 10.9 Å². The lowest BCUT2D eigenvalue weighted by Gasteiger charge is -2.19. The van der Waals surface area contributed by atoms with Gasteiger partial charge < -0.3 is 10.2 Å². The highest BCUT2D eigenvalue weighted by atomic mass is 19.1. The Balaban J connectivity index is 1.48. The Morgan fingerprint density at radius 3 is 2.68 bits per heavy atom. The molecule has 2 heterocycles. The quantitative estimate of drug-likeness (QED) is 0.761. The van der Waals surface area contributed by atoms with E-state index in [4.69, 9.17) is 0 Å². The van der Waals surface area contributed by atoms with Gasteiger partial charge in [0, 0.05) is 37.2 Å². The highest BCUT2D eigenvalue weighted by molar-refractivity contribution is 5.91. The van der Waals surface area contributed by atoms with Crippen molar-refractivity contribution in [3.63, 3.8) is 0 Å². The van der Waals surface area contributed by atoms with E-state index in [2.05, 4.69) is 27.3 Å². The van der Waals surface area contributed by atoms with Crippen molar-refractivity contribution in [2.75, 3.05) is 29.9 Å². The van der Waals surface area contributed by atoms with Crippen molar-refractivity contribution in [2.24, 2.45) is 5.92 Å². The Kier molecular flexibility index (Phi) is 4.22. The fourth-order valence-electron chi connectivity index (χ4n) is 3.47. The monoisotopic (exact) mass is 339 g/mol. The molecule has 1 atom stereocenters. The van der Waals surface area contributed by atoms with Gasteiger partial charge in [-0.05, 0) is 42.7 Å². The Morgan fingerprint density at radius 1 is 1.04 bits per heavy atom. The Morgan fingerprint density at radius 2 is 1.84 bits per heavy atom. The summed E-state index contributed by atoms with van der Waals surface area (Å²) in [5, 5.41) is 3.52. The van der Waals surface area contributed by atoms with E-state index in [1.165, 1.54) is 11.9 Å². The Hall–Kier alpha value is -2.69. The van der Waals surface area contributed by atoms with Crippen LogP contribution in [0.3, 0.4) is 0 Å². The van der Waals surface area contributed by atoms with Crippen LogP contribution >= 0.6 is 0 Å². The summed E-state index contributed by atoms with van der Waals surface area (Å²) in [7, 11) is 0. The van der Waals surface area contributed by atoms with Crippen LogP contribution in [-0.4, -0.2) is 24.6 Å². The third kappa shape index (κ3) is 3.14. The molecule has 1 fully saturated rings. The van der Waals surface area contributed by atoms with Crippen LogP contribution in [0.25, 0.3) is 10.9 Å². The van der Waals surface area contributed by atoms with E-state index >= 15 is 0 Å². The van der Waals surface area contributed by atoms with Crippen molar-refractivity contribution in [1.29, 1.82) is 0 Å². The number of hydrogen-bond acceptors (Lipinski definition) is 3. The van der Waals surface area contributed by atoms with Gasteiger partial charge in [-0.3, -0.25) is 4.98 Å². The summed E-state index contributed by atoms with van der Waals surface area (Å²) in [5.74, 6) is -0.499. The lowest BCUT2D eigenvalue weighted by atomic mass is 10.1. The Labute approximate surface area is 145 Å². The second-order valence-corrected chi connectivity index (χ2v) is 6.43. The fraction of sp³-hybridized carbons (Fsp3) is 0.250. The molecule has 1 aromatic heterocycles. The maximum atomic E-state index is 14.2. The van der Waals surface area contributed by atoms with E-state index in [9.17, 15) is 8.78 Å². The van der Waals surface area contributed by atoms with Gasteiger partial charge in [0.2, 0.25) is 0 Å². The molecule has 0 aliphatic carbocycles. The summed E-state index contributed by atoms with van der Waals surface area (Å²) in [6, 6.07) is 14.3. The number of pyridine rings is 1. The van der Waals surface area contributed by atoms with Crippen molar-refractivity contribution in [1.82, 2.24) is 4.98 Å². The molecule has 0 spiro atoms. The van der Waals surface area contributed by atoms with Gasteiger partial charge in [-0.2, -0.15) is 0 Å². The summed E-state index contributed by atoms with van der Waals surface area (Å²) in [4.78, 5) is 6.33. The van der Waals surface area contributed by atoms with Gasteiger partial charge in [0.15, 0.2) is 0 Å². The smallest absolute Gasteiger partial charge is 0.149 e. The summed E-state index contributed by atoms with van der Waals surface area (Å²) in [6.07, 6.45) is 2.58. The van der Waals surface area contributed by atoms with Crippen molar-refractivity contribution >= 4 is 22.3 Å². The van der Waals surface area contributed by atoms with Crippen LogP contribution in [-0.2, 0) is 0 Å². The van der Waals surface area contributed by atoms with E-state index in [1.54, 1.807) is 6.07 Å². The summed E-state index contributed by atoms with van der Waals surface area (Å²) in [6.45, 7) is 2.69. The highest BCUT2D eigenvalue weighted by Crippen LogP contribution is 2.28. The molecule has 0 saturated carbocycles. The van der Waals surface area contributed by atoms with Crippen molar-refractivity contribution in [2.45, 2.75) is 6.42 Å². The van der Waals surface area contributed by atoms with Crippen molar-refractivity contribution in [3.8, 4) is 0 Å². The van der Waals surface area contributed by atoms with Crippen LogP contribution in [0.5, 0.6) is 0 Å². The minimum atomic E-state index is -0.504. The largest absolute Gasteiger partial charge is 0.384 e. The van der Waals surface area contributed by atoms with Crippen LogP contribution in [0.1, 0.15) is 6.42 Å². The molecule has 128 valence electrons. The number of aromatic nitrogens is 1. The molecule has 0 amide bonds. The number of anilines is 2. The van der Waals surface area contributed by atoms with Crippen LogP contribution in [0.2, 0.25) is 0 Å². The van der Waals surface area contributed by atoms with Crippen LogP contribution in [0.15, 0.2) is 54.7 Å². The molecule has 5 heteroatoms. The van der Waals surface area contributed by atoms with Crippen LogP contribution in [0.4, 0.5) is 20.2 Å². The molecule has 3 aromatic rings. The van der Waals surface area contributed by atoms with E-state index in [1.807, 2.05) is 18.2 Å². The number of hydrogen-bond donors (Lipinski definition) is 1. The Bertz CT molecular complexity index is 883. The normalized spacial score (nSPS) is 17.2. The number of halogens is 2. The maximum absolute atomic E-state index is 14.2. The third-order valence-corrected chi connectivity index (χ3v) is 4.78. The predicted octanol–water partition coefficient (Wildman–Crippen LogP) is 4.45. The first kappa shape index (κ1) is 15.8. The zero-order chi connectivity index (χ0) is 17.2. The highest BCUT2D eigenvalue weighted by Gasteiger charge is 2.22. The van der Waals surface area contributed by atoms with Crippen molar-refractivity contribution in [3.05, 3.63) is 66.4 Å². The first-order valence-electron chi connectivity index (χ1n) is 8.49. The first-order chi connectivity index (χ1) is 12.2. The zero-order valence-corrected chi connectivity index (χ0v) is 13.8. The lowest BCUT2D eigenvalue weighted by Crippen LogP contribution is -2.22. The number of fused-ring (bicyclic) bond motifs is 1. The number of benzene rings is 2. The van der Waals surface area contributed by atoms with Gasteiger partial charge in [0.1, 0.15) is 17.2 Å². The number of para-hydroxylation sites is 1. The molecular weight excluding hydrogens is 320 g/mol. The first-order valence-corrected chi connectivity index (χ1v) is 8.49. The average Bonchev–Trinajstić information content (AvgIpc) is 3.13. The number of nitrogens with one attached hydrogen (secondary N) is 1. The molecule has 2 aromatic carbocycles. The summed E-state index contributed by atoms with van der Waals surface area (Å²) in [5.41, 5.74) is 1.90. The second kappa shape index (κ2) is 6.67. The molecule has 0 bridgehead atoms. The fourth-order valence-corrected chi connectivity index (χ4v) is 3.47. The maximum Gasteiger partial charge on any atom is 0.149 e. The summed E-state index contributed by atoms with van der Waals surface area (Å²) < 4.78 is 28.0. The number of nitrogens with zero attached hydrogens (tertiary/aromatic N) is 2. The average molecular weight is 339 g/mol. The molecule has 0 radical (unpaired) electrons. The summed E-state index contributed by atoms with van der Waals surface area (Å²) >= 11 is 0. The molecule has 25 heavy (non-hydrogen) atoms. The van der Waals surface area contributed by atoms with Crippen LogP contribution in [0, 0.1) is 17.6 Å². The van der Waals surface area contributed by atoms with Gasteiger partial charge in [0.05, 0.1) is 5.39 Å². The molecule has 1 aliphatic rings.